The molecule has 0 spiro atoms. The van der Waals surface area contributed by atoms with E-state index in [0.717, 1.165) is 11.1 Å². The average Bonchev–Trinajstić information content (AvgIpc) is 2.42. The predicted molar refractivity (Wildman–Crippen MR) is 77.9 cm³/mol. The van der Waals surface area contributed by atoms with E-state index in [1.54, 1.807) is 6.07 Å². The van der Waals surface area contributed by atoms with Gasteiger partial charge in [-0.2, -0.15) is 0 Å². The lowest BCUT2D eigenvalue weighted by atomic mass is 10.1. The number of nitrogens with one attached hydrogen (secondary N) is 1. The number of carbonyl (C=O) groups is 1. The first-order valence-corrected chi connectivity index (χ1v) is 6.30. The molecular formula is C16H18N2O. The minimum Gasteiger partial charge on any atom is -0.398 e. The van der Waals surface area contributed by atoms with Crippen LogP contribution in [0.1, 0.15) is 34.5 Å². The summed E-state index contributed by atoms with van der Waals surface area (Å²) in [6, 6.07) is 15.3. The van der Waals surface area contributed by atoms with Crippen molar-refractivity contribution in [3.8, 4) is 0 Å². The van der Waals surface area contributed by atoms with Crippen LogP contribution >= 0.6 is 0 Å². The number of rotatable bonds is 3. The molecule has 3 nitrogen and oxygen atoms in total. The van der Waals surface area contributed by atoms with E-state index < -0.39 is 0 Å². The van der Waals surface area contributed by atoms with Crippen LogP contribution in [0.5, 0.6) is 0 Å². The first kappa shape index (κ1) is 13.1. The molecule has 0 heterocycles. The zero-order chi connectivity index (χ0) is 13.8. The van der Waals surface area contributed by atoms with E-state index in [9.17, 15) is 4.79 Å². The highest BCUT2D eigenvalue weighted by Crippen LogP contribution is 2.18. The summed E-state index contributed by atoms with van der Waals surface area (Å²) in [5.41, 5.74) is 9.00. The molecule has 0 saturated carbocycles. The number of hydrogen-bond acceptors (Lipinski definition) is 2. The molecule has 0 bridgehead atoms. The summed E-state index contributed by atoms with van der Waals surface area (Å²) in [5.74, 6) is -0.141. The minimum absolute atomic E-state index is 0.0476. The molecule has 0 unspecified atom stereocenters. The average molecular weight is 254 g/mol. The normalized spacial score (nSPS) is 11.9. The van der Waals surface area contributed by atoms with E-state index in [1.807, 2.05) is 56.3 Å². The molecule has 98 valence electrons. The van der Waals surface area contributed by atoms with E-state index in [0.29, 0.717) is 11.3 Å². The van der Waals surface area contributed by atoms with Gasteiger partial charge in [-0.05, 0) is 31.0 Å². The van der Waals surface area contributed by atoms with Crippen LogP contribution in [-0.4, -0.2) is 5.91 Å². The van der Waals surface area contributed by atoms with Gasteiger partial charge < -0.3 is 11.1 Å². The highest BCUT2D eigenvalue weighted by Gasteiger charge is 2.14. The van der Waals surface area contributed by atoms with Crippen molar-refractivity contribution < 1.29 is 4.79 Å². The maximum atomic E-state index is 12.2. The van der Waals surface area contributed by atoms with Crippen molar-refractivity contribution >= 4 is 11.6 Å². The van der Waals surface area contributed by atoms with Crippen molar-refractivity contribution in [2.45, 2.75) is 19.9 Å². The topological polar surface area (TPSA) is 55.1 Å². The summed E-state index contributed by atoms with van der Waals surface area (Å²) < 4.78 is 0. The van der Waals surface area contributed by atoms with Crippen LogP contribution in [0.3, 0.4) is 0 Å². The molecule has 0 aromatic heterocycles. The Bertz CT molecular complexity index is 579. The third kappa shape index (κ3) is 2.94. The maximum absolute atomic E-state index is 12.2. The second-order valence-corrected chi connectivity index (χ2v) is 4.64. The van der Waals surface area contributed by atoms with E-state index in [2.05, 4.69) is 5.32 Å². The fourth-order valence-electron chi connectivity index (χ4n) is 1.98. The molecule has 1 atom stereocenters. The van der Waals surface area contributed by atoms with Gasteiger partial charge in [0.2, 0.25) is 0 Å². The first-order valence-electron chi connectivity index (χ1n) is 6.30. The quantitative estimate of drug-likeness (QED) is 0.827. The van der Waals surface area contributed by atoms with E-state index in [-0.39, 0.29) is 11.9 Å². The smallest absolute Gasteiger partial charge is 0.253 e. The molecule has 2 rings (SSSR count). The lowest BCUT2D eigenvalue weighted by Crippen LogP contribution is -2.27. The van der Waals surface area contributed by atoms with Crippen LogP contribution in [0.2, 0.25) is 0 Å². The van der Waals surface area contributed by atoms with Crippen molar-refractivity contribution in [3.63, 3.8) is 0 Å². The van der Waals surface area contributed by atoms with Crippen molar-refractivity contribution in [2.24, 2.45) is 0 Å². The fourth-order valence-corrected chi connectivity index (χ4v) is 1.98. The number of para-hydroxylation sites is 1. The maximum Gasteiger partial charge on any atom is 0.253 e. The van der Waals surface area contributed by atoms with Crippen LogP contribution in [0, 0.1) is 6.92 Å². The van der Waals surface area contributed by atoms with Crippen LogP contribution in [-0.2, 0) is 0 Å². The van der Waals surface area contributed by atoms with Crippen molar-refractivity contribution in [1.82, 2.24) is 5.32 Å². The second kappa shape index (κ2) is 5.57. The lowest BCUT2D eigenvalue weighted by molar-refractivity contribution is 0.0940. The molecule has 0 aliphatic carbocycles. The first-order chi connectivity index (χ1) is 9.09. The predicted octanol–water partition coefficient (Wildman–Crippen LogP) is 3.07. The SMILES string of the molecule is Cc1cccc(C(=O)N[C@@H](C)c2ccccc2)c1N. The molecule has 3 N–H and O–H groups in total. The van der Waals surface area contributed by atoms with Crippen molar-refractivity contribution in [1.29, 1.82) is 0 Å². The molecule has 3 heteroatoms. The van der Waals surface area contributed by atoms with Crippen LogP contribution in [0.4, 0.5) is 5.69 Å². The van der Waals surface area contributed by atoms with Crippen LogP contribution < -0.4 is 11.1 Å². The molecule has 19 heavy (non-hydrogen) atoms. The number of benzene rings is 2. The van der Waals surface area contributed by atoms with Gasteiger partial charge in [-0.15, -0.1) is 0 Å². The molecular weight excluding hydrogens is 236 g/mol. The third-order valence-corrected chi connectivity index (χ3v) is 3.22. The van der Waals surface area contributed by atoms with Gasteiger partial charge in [-0.3, -0.25) is 4.79 Å². The van der Waals surface area contributed by atoms with Gasteiger partial charge in [-0.1, -0.05) is 42.5 Å². The van der Waals surface area contributed by atoms with Gasteiger partial charge in [-0.25, -0.2) is 0 Å². The zero-order valence-corrected chi connectivity index (χ0v) is 11.2. The Kier molecular flexibility index (Phi) is 3.85. The fraction of sp³-hybridized carbons (Fsp3) is 0.188. The van der Waals surface area contributed by atoms with E-state index in [1.165, 1.54) is 0 Å². The number of amides is 1. The van der Waals surface area contributed by atoms with E-state index >= 15 is 0 Å². The summed E-state index contributed by atoms with van der Waals surface area (Å²) >= 11 is 0. The Morgan fingerprint density at radius 3 is 2.47 bits per heavy atom. The molecule has 0 saturated heterocycles. The Balaban J connectivity index is 2.16. The van der Waals surface area contributed by atoms with Gasteiger partial charge in [0.25, 0.3) is 5.91 Å². The van der Waals surface area contributed by atoms with Gasteiger partial charge in [0.05, 0.1) is 11.6 Å². The van der Waals surface area contributed by atoms with Gasteiger partial charge >= 0.3 is 0 Å². The van der Waals surface area contributed by atoms with Crippen LogP contribution in [0.15, 0.2) is 48.5 Å². The second-order valence-electron chi connectivity index (χ2n) is 4.64. The summed E-state index contributed by atoms with van der Waals surface area (Å²) in [6.07, 6.45) is 0. The Labute approximate surface area is 113 Å². The Hall–Kier alpha value is -2.29. The number of nitrogen functional groups attached to an aromatic ring is 1. The summed E-state index contributed by atoms with van der Waals surface area (Å²) in [7, 11) is 0. The molecule has 2 aromatic rings. The summed E-state index contributed by atoms with van der Waals surface area (Å²) in [5, 5.41) is 2.96. The lowest BCUT2D eigenvalue weighted by Gasteiger charge is -2.15. The standard InChI is InChI=1S/C16H18N2O/c1-11-7-6-10-14(15(11)17)16(19)18-12(2)13-8-4-3-5-9-13/h3-10,12H,17H2,1-2H3,(H,18,19)/t12-/m0/s1. The largest absolute Gasteiger partial charge is 0.398 e. The molecule has 0 fully saturated rings. The third-order valence-electron chi connectivity index (χ3n) is 3.22. The van der Waals surface area contributed by atoms with E-state index in [4.69, 9.17) is 5.73 Å². The number of nitrogens with two attached hydrogens (primary N) is 1. The highest BCUT2D eigenvalue weighted by molar-refractivity contribution is 5.99. The molecule has 0 radical (unpaired) electrons. The zero-order valence-electron chi connectivity index (χ0n) is 11.2. The monoisotopic (exact) mass is 254 g/mol. The highest BCUT2D eigenvalue weighted by atomic mass is 16.1. The number of carbonyl (C=O) groups excluding carboxylic acids is 1. The molecule has 2 aromatic carbocycles. The van der Waals surface area contributed by atoms with Gasteiger partial charge in [0.1, 0.15) is 0 Å². The summed E-state index contributed by atoms with van der Waals surface area (Å²) in [6.45, 7) is 3.85. The van der Waals surface area contributed by atoms with Crippen molar-refractivity contribution in [2.75, 3.05) is 5.73 Å². The molecule has 0 aliphatic heterocycles. The summed E-state index contributed by atoms with van der Waals surface area (Å²) in [4.78, 5) is 12.2. The molecule has 0 aliphatic rings. The Morgan fingerprint density at radius 1 is 1.11 bits per heavy atom. The number of aryl methyl sites for hydroxylation is 1. The number of anilines is 1. The number of hydrogen-bond donors (Lipinski definition) is 2. The van der Waals surface area contributed by atoms with Gasteiger partial charge in [0.15, 0.2) is 0 Å². The van der Waals surface area contributed by atoms with Crippen LogP contribution in [0.25, 0.3) is 0 Å². The minimum atomic E-state index is -0.141. The Morgan fingerprint density at radius 2 is 1.79 bits per heavy atom. The van der Waals surface area contributed by atoms with Gasteiger partial charge in [0, 0.05) is 5.69 Å². The van der Waals surface area contributed by atoms with Crippen molar-refractivity contribution in [3.05, 3.63) is 65.2 Å². The molecule has 1 amide bonds.